The van der Waals surface area contributed by atoms with Gasteiger partial charge in [0.1, 0.15) is 5.75 Å². The first-order valence-electron chi connectivity index (χ1n) is 13.9. The van der Waals surface area contributed by atoms with Crippen molar-refractivity contribution in [1.29, 1.82) is 0 Å². The molecule has 41 heavy (non-hydrogen) atoms. The van der Waals surface area contributed by atoms with Gasteiger partial charge in [-0.2, -0.15) is 0 Å². The zero-order valence-corrected chi connectivity index (χ0v) is 25.4. The van der Waals surface area contributed by atoms with Gasteiger partial charge in [-0.15, -0.1) is 6.58 Å². The molecule has 6 nitrogen and oxygen atoms in total. The average molecular weight is 613 g/mol. The van der Waals surface area contributed by atoms with Gasteiger partial charge >= 0.3 is 0 Å². The molecule has 1 saturated heterocycles. The van der Waals surface area contributed by atoms with E-state index >= 15 is 0 Å². The van der Waals surface area contributed by atoms with Crippen LogP contribution in [0.4, 0.5) is 0 Å². The minimum Gasteiger partial charge on any atom is -0.330 e. The van der Waals surface area contributed by atoms with Crippen molar-refractivity contribution in [2.24, 2.45) is 11.3 Å². The Balaban J connectivity index is 1.56. The van der Waals surface area contributed by atoms with Crippen molar-refractivity contribution in [3.8, 4) is 0 Å². The average Bonchev–Trinajstić information content (AvgIpc) is 3.77. The third-order valence-electron chi connectivity index (χ3n) is 8.29. The number of nitrogens with one attached hydrogen (secondary N) is 1. The predicted octanol–water partition coefficient (Wildman–Crippen LogP) is 6.93. The summed E-state index contributed by atoms with van der Waals surface area (Å²) in [7, 11) is -3.69. The maximum atomic E-state index is 14.6. The molecule has 0 bridgehead atoms. The molecular weight excluding hydrogens is 577 g/mol. The number of piperidine rings is 1. The van der Waals surface area contributed by atoms with E-state index in [4.69, 9.17) is 23.2 Å². The Morgan fingerprint density at radius 1 is 1.07 bits per heavy atom. The van der Waals surface area contributed by atoms with Gasteiger partial charge in [-0.25, -0.2) is 13.1 Å². The number of aromatic nitrogens is 1. The van der Waals surface area contributed by atoms with E-state index in [1.807, 2.05) is 54.3 Å². The van der Waals surface area contributed by atoms with Gasteiger partial charge in [0, 0.05) is 34.7 Å². The first kappa shape index (κ1) is 29.8. The molecule has 4 atom stereocenters. The number of halogens is 2. The summed E-state index contributed by atoms with van der Waals surface area (Å²) < 4.78 is 29.1. The standard InChI is InChI=1S/C32H35Cl2N3O3S/c1-3-16-32(2)19-28(24-7-6-8-26(34)18-24)30(23-12-14-25(33)15-13-23)37(31(32)38)29(22-10-11-22)20-36-41(39,40)21-27-9-4-5-17-35-27/h3-9,12-15,17-18,22,28-30,36H,1,10-11,16,19-21H2,2H3/t28?,29?,30?,32-/m0/s1. The lowest BCUT2D eigenvalue weighted by atomic mass is 9.67. The highest BCUT2D eigenvalue weighted by molar-refractivity contribution is 7.88. The van der Waals surface area contributed by atoms with Gasteiger partial charge in [0.15, 0.2) is 0 Å². The van der Waals surface area contributed by atoms with Gasteiger partial charge in [0.05, 0.1) is 17.2 Å². The second-order valence-corrected chi connectivity index (χ2v) is 14.1. The van der Waals surface area contributed by atoms with Gasteiger partial charge < -0.3 is 4.90 Å². The highest BCUT2D eigenvalue weighted by atomic mass is 35.5. The summed E-state index contributed by atoms with van der Waals surface area (Å²) in [6, 6.07) is 20.0. The molecule has 3 unspecified atom stereocenters. The molecule has 2 aromatic carbocycles. The fourth-order valence-electron chi connectivity index (χ4n) is 6.17. The summed E-state index contributed by atoms with van der Waals surface area (Å²) in [5.41, 5.74) is 1.75. The molecule has 5 rings (SSSR count). The van der Waals surface area contributed by atoms with Crippen molar-refractivity contribution in [3.63, 3.8) is 0 Å². The summed E-state index contributed by atoms with van der Waals surface area (Å²) in [5.74, 6) is -0.100. The lowest BCUT2D eigenvalue weighted by molar-refractivity contribution is -0.155. The minimum absolute atomic E-state index is 0.0106. The number of pyridine rings is 1. The minimum atomic E-state index is -3.69. The molecule has 2 heterocycles. The largest absolute Gasteiger partial charge is 0.330 e. The molecule has 1 aliphatic heterocycles. The molecule has 0 radical (unpaired) electrons. The topological polar surface area (TPSA) is 79.4 Å². The Labute approximate surface area is 252 Å². The van der Waals surface area contributed by atoms with Crippen molar-refractivity contribution in [2.75, 3.05) is 6.54 Å². The molecule has 3 aromatic rings. The van der Waals surface area contributed by atoms with E-state index in [0.717, 1.165) is 24.0 Å². The third-order valence-corrected chi connectivity index (χ3v) is 10.1. The van der Waals surface area contributed by atoms with Gasteiger partial charge in [-0.05, 0) is 79.1 Å². The molecule has 1 N–H and O–H groups in total. The Morgan fingerprint density at radius 2 is 1.83 bits per heavy atom. The smallest absolute Gasteiger partial charge is 0.229 e. The zero-order chi connectivity index (χ0) is 29.2. The fourth-order valence-corrected chi connectivity index (χ4v) is 7.58. The summed E-state index contributed by atoms with van der Waals surface area (Å²) in [6.07, 6.45) is 6.36. The van der Waals surface area contributed by atoms with Crippen LogP contribution in [0.25, 0.3) is 0 Å². The van der Waals surface area contributed by atoms with Crippen molar-refractivity contribution in [3.05, 3.63) is 112 Å². The summed E-state index contributed by atoms with van der Waals surface area (Å²) in [4.78, 5) is 20.7. The lowest BCUT2D eigenvalue weighted by Gasteiger charge is -2.52. The van der Waals surface area contributed by atoms with E-state index in [2.05, 4.69) is 22.4 Å². The van der Waals surface area contributed by atoms with Crippen LogP contribution >= 0.6 is 23.2 Å². The number of carbonyl (C=O) groups is 1. The number of carbonyl (C=O) groups excluding carboxylic acids is 1. The van der Waals surface area contributed by atoms with E-state index in [1.165, 1.54) is 0 Å². The second-order valence-electron chi connectivity index (χ2n) is 11.5. The number of rotatable bonds is 11. The molecule has 216 valence electrons. The number of benzene rings is 2. The van der Waals surface area contributed by atoms with Gasteiger partial charge in [-0.1, -0.05) is 66.5 Å². The summed E-state index contributed by atoms with van der Waals surface area (Å²) in [5, 5.41) is 1.24. The lowest BCUT2D eigenvalue weighted by Crippen LogP contribution is -2.58. The summed E-state index contributed by atoms with van der Waals surface area (Å²) >= 11 is 12.7. The van der Waals surface area contributed by atoms with E-state index in [1.54, 1.807) is 30.5 Å². The van der Waals surface area contributed by atoms with Crippen LogP contribution in [0, 0.1) is 11.3 Å². The van der Waals surface area contributed by atoms with Crippen molar-refractivity contribution < 1.29 is 13.2 Å². The molecule has 1 amide bonds. The number of amides is 1. The monoisotopic (exact) mass is 611 g/mol. The summed E-state index contributed by atoms with van der Waals surface area (Å²) in [6.45, 7) is 6.08. The first-order chi connectivity index (χ1) is 19.6. The maximum Gasteiger partial charge on any atom is 0.229 e. The van der Waals surface area contributed by atoms with Crippen LogP contribution in [0.15, 0.2) is 85.6 Å². The number of nitrogens with zero attached hydrogens (tertiary/aromatic N) is 2. The Kier molecular flexibility index (Phi) is 8.90. The number of allylic oxidation sites excluding steroid dienone is 1. The SMILES string of the molecule is C=CC[C@@]1(C)CC(c2cccc(Cl)c2)C(c2ccc(Cl)cc2)N(C(CNS(=O)(=O)Cc2ccccn2)C2CC2)C1=O. The van der Waals surface area contributed by atoms with Crippen molar-refractivity contribution >= 4 is 39.1 Å². The number of hydrogen-bond donors (Lipinski definition) is 1. The van der Waals surface area contributed by atoms with Gasteiger partial charge in [0.25, 0.3) is 0 Å². The van der Waals surface area contributed by atoms with E-state index < -0.39 is 15.4 Å². The Bertz CT molecular complexity index is 1500. The quantitative estimate of drug-likeness (QED) is 0.238. The van der Waals surface area contributed by atoms with Gasteiger partial charge in [0.2, 0.25) is 15.9 Å². The normalized spacial score (nSPS) is 23.8. The number of likely N-dealkylation sites (tertiary alicyclic amines) is 1. The molecular formula is C32H35Cl2N3O3S. The predicted molar refractivity (Wildman–Crippen MR) is 164 cm³/mol. The molecule has 2 fully saturated rings. The number of sulfonamides is 1. The van der Waals surface area contributed by atoms with Crippen molar-refractivity contribution in [1.82, 2.24) is 14.6 Å². The van der Waals surface area contributed by atoms with Crippen LogP contribution in [0.1, 0.15) is 61.4 Å². The highest BCUT2D eigenvalue weighted by Crippen LogP contribution is 2.54. The van der Waals surface area contributed by atoms with E-state index in [9.17, 15) is 13.2 Å². The van der Waals surface area contributed by atoms with E-state index in [0.29, 0.717) is 28.6 Å². The van der Waals surface area contributed by atoms with Crippen LogP contribution < -0.4 is 4.72 Å². The first-order valence-corrected chi connectivity index (χ1v) is 16.3. The van der Waals surface area contributed by atoms with Gasteiger partial charge in [-0.3, -0.25) is 9.78 Å². The second kappa shape index (κ2) is 12.3. The van der Waals surface area contributed by atoms with Crippen molar-refractivity contribution in [2.45, 2.75) is 56.4 Å². The fraction of sp³-hybridized carbons (Fsp3) is 0.375. The molecule has 2 aliphatic rings. The van der Waals surface area contributed by atoms with E-state index in [-0.39, 0.29) is 42.1 Å². The molecule has 0 spiro atoms. The van der Waals surface area contributed by atoms with Crippen LogP contribution in [0.5, 0.6) is 0 Å². The zero-order valence-electron chi connectivity index (χ0n) is 23.0. The Morgan fingerprint density at radius 3 is 2.46 bits per heavy atom. The van der Waals surface area contributed by atoms with Crippen LogP contribution in [0.3, 0.4) is 0 Å². The Hall–Kier alpha value is -2.71. The third kappa shape index (κ3) is 6.86. The maximum absolute atomic E-state index is 14.6. The molecule has 1 aliphatic carbocycles. The molecule has 1 saturated carbocycles. The van der Waals surface area contributed by atoms with Crippen LogP contribution in [-0.2, 0) is 20.6 Å². The van der Waals surface area contributed by atoms with Crippen LogP contribution in [-0.4, -0.2) is 36.8 Å². The molecule has 9 heteroatoms. The molecule has 1 aromatic heterocycles. The highest BCUT2D eigenvalue weighted by Gasteiger charge is 2.53. The number of hydrogen-bond acceptors (Lipinski definition) is 4. The van der Waals surface area contributed by atoms with Crippen LogP contribution in [0.2, 0.25) is 10.0 Å².